The van der Waals surface area contributed by atoms with Gasteiger partial charge in [-0.05, 0) is 36.2 Å². The molecule has 0 bridgehead atoms. The lowest BCUT2D eigenvalue weighted by Gasteiger charge is -2.13. The Morgan fingerprint density at radius 1 is 1.04 bits per heavy atom. The van der Waals surface area contributed by atoms with Gasteiger partial charge in [-0.1, -0.05) is 42.5 Å². The number of carboxylic acid groups (broad SMARTS) is 1. The van der Waals surface area contributed by atoms with Crippen molar-refractivity contribution >= 4 is 5.97 Å². The molecule has 126 valence electrons. The van der Waals surface area contributed by atoms with Crippen molar-refractivity contribution in [2.45, 2.75) is 20.0 Å². The Morgan fingerprint density at radius 2 is 1.84 bits per heavy atom. The van der Waals surface area contributed by atoms with Crippen LogP contribution in [0.1, 0.15) is 16.8 Å². The van der Waals surface area contributed by atoms with E-state index in [1.807, 2.05) is 61.5 Å². The van der Waals surface area contributed by atoms with Gasteiger partial charge in [0, 0.05) is 23.0 Å². The van der Waals surface area contributed by atoms with Gasteiger partial charge >= 0.3 is 5.97 Å². The van der Waals surface area contributed by atoms with Gasteiger partial charge in [-0.15, -0.1) is 0 Å². The van der Waals surface area contributed by atoms with Crippen LogP contribution in [0.3, 0.4) is 0 Å². The number of aryl methyl sites for hydroxylation is 1. The van der Waals surface area contributed by atoms with Crippen LogP contribution >= 0.6 is 0 Å². The predicted octanol–water partition coefficient (Wildman–Crippen LogP) is 4.26. The number of hydrogen-bond donors (Lipinski definition) is 1. The molecule has 0 aliphatic rings. The molecule has 0 saturated carbocycles. The van der Waals surface area contributed by atoms with E-state index in [9.17, 15) is 4.79 Å². The van der Waals surface area contributed by atoms with E-state index in [0.29, 0.717) is 12.4 Å². The number of carbonyl (C=O) groups is 1. The SMILES string of the molecule is Cc1ccc(-c2cc(CC(=O)O)ccc2OCc2ccccc2)cn1. The molecule has 0 atom stereocenters. The van der Waals surface area contributed by atoms with Gasteiger partial charge < -0.3 is 9.84 Å². The van der Waals surface area contributed by atoms with Crippen molar-refractivity contribution in [1.82, 2.24) is 4.98 Å². The molecule has 0 aliphatic carbocycles. The standard InChI is InChI=1S/C21H19NO3/c1-15-7-9-18(13-22-15)19-11-17(12-21(23)24)8-10-20(19)25-14-16-5-3-2-4-6-16/h2-11,13H,12,14H2,1H3,(H,23,24). The molecular formula is C21H19NO3. The molecule has 0 fully saturated rings. The van der Waals surface area contributed by atoms with Gasteiger partial charge in [0.15, 0.2) is 0 Å². The second-order valence-corrected chi connectivity index (χ2v) is 5.86. The first-order valence-corrected chi connectivity index (χ1v) is 8.06. The zero-order chi connectivity index (χ0) is 17.6. The number of benzene rings is 2. The molecule has 0 amide bonds. The topological polar surface area (TPSA) is 59.4 Å². The van der Waals surface area contributed by atoms with Gasteiger partial charge in [0.25, 0.3) is 0 Å². The Kier molecular flexibility index (Phi) is 5.09. The second-order valence-electron chi connectivity index (χ2n) is 5.86. The summed E-state index contributed by atoms with van der Waals surface area (Å²) in [5, 5.41) is 9.04. The average Bonchev–Trinajstić information content (AvgIpc) is 2.62. The largest absolute Gasteiger partial charge is 0.488 e. The van der Waals surface area contributed by atoms with Gasteiger partial charge in [-0.25, -0.2) is 0 Å². The van der Waals surface area contributed by atoms with Crippen LogP contribution in [0.25, 0.3) is 11.1 Å². The van der Waals surface area contributed by atoms with E-state index in [2.05, 4.69) is 4.98 Å². The summed E-state index contributed by atoms with van der Waals surface area (Å²) >= 11 is 0. The monoisotopic (exact) mass is 333 g/mol. The molecule has 2 aromatic carbocycles. The minimum Gasteiger partial charge on any atom is -0.488 e. The van der Waals surface area contributed by atoms with Crippen LogP contribution in [-0.2, 0) is 17.8 Å². The van der Waals surface area contributed by atoms with Gasteiger partial charge in [-0.3, -0.25) is 9.78 Å². The second kappa shape index (κ2) is 7.62. The first kappa shape index (κ1) is 16.7. The lowest BCUT2D eigenvalue weighted by atomic mass is 10.0. The molecule has 1 aromatic heterocycles. The van der Waals surface area contributed by atoms with Crippen LogP contribution in [0.5, 0.6) is 5.75 Å². The van der Waals surface area contributed by atoms with E-state index in [-0.39, 0.29) is 6.42 Å². The molecule has 4 heteroatoms. The number of rotatable bonds is 6. The summed E-state index contributed by atoms with van der Waals surface area (Å²) in [6, 6.07) is 19.3. The minimum atomic E-state index is -0.856. The van der Waals surface area contributed by atoms with Gasteiger partial charge in [0.05, 0.1) is 6.42 Å². The maximum atomic E-state index is 11.0. The van der Waals surface area contributed by atoms with E-state index < -0.39 is 5.97 Å². The number of ether oxygens (including phenoxy) is 1. The molecule has 3 aromatic rings. The van der Waals surface area contributed by atoms with Crippen LogP contribution in [0, 0.1) is 6.92 Å². The highest BCUT2D eigenvalue weighted by molar-refractivity contribution is 5.74. The normalized spacial score (nSPS) is 10.4. The first-order valence-electron chi connectivity index (χ1n) is 8.06. The Labute approximate surface area is 146 Å². The summed E-state index contributed by atoms with van der Waals surface area (Å²) < 4.78 is 5.99. The molecule has 0 aliphatic heterocycles. The van der Waals surface area contributed by atoms with E-state index in [0.717, 1.165) is 27.9 Å². The highest BCUT2D eigenvalue weighted by Gasteiger charge is 2.10. The number of aromatic nitrogens is 1. The third-order valence-corrected chi connectivity index (χ3v) is 3.86. The molecule has 1 N–H and O–H groups in total. The number of nitrogens with zero attached hydrogens (tertiary/aromatic N) is 1. The van der Waals surface area contributed by atoms with Crippen molar-refractivity contribution in [3.63, 3.8) is 0 Å². The maximum Gasteiger partial charge on any atom is 0.307 e. The summed E-state index contributed by atoms with van der Waals surface area (Å²) in [5.41, 5.74) is 4.49. The lowest BCUT2D eigenvalue weighted by molar-refractivity contribution is -0.136. The van der Waals surface area contributed by atoms with Crippen LogP contribution in [0.15, 0.2) is 66.9 Å². The third-order valence-electron chi connectivity index (χ3n) is 3.86. The van der Waals surface area contributed by atoms with Crippen molar-refractivity contribution in [2.75, 3.05) is 0 Å². The van der Waals surface area contributed by atoms with E-state index >= 15 is 0 Å². The van der Waals surface area contributed by atoms with Crippen molar-refractivity contribution in [3.05, 3.63) is 83.7 Å². The smallest absolute Gasteiger partial charge is 0.307 e. The summed E-state index contributed by atoms with van der Waals surface area (Å²) in [6.45, 7) is 2.38. The molecule has 4 nitrogen and oxygen atoms in total. The van der Waals surface area contributed by atoms with E-state index in [1.54, 1.807) is 12.3 Å². The fourth-order valence-corrected chi connectivity index (χ4v) is 2.58. The molecule has 1 heterocycles. The van der Waals surface area contributed by atoms with Crippen LogP contribution in [0.4, 0.5) is 0 Å². The molecule has 0 radical (unpaired) electrons. The van der Waals surface area contributed by atoms with Crippen molar-refractivity contribution in [1.29, 1.82) is 0 Å². The maximum absolute atomic E-state index is 11.0. The minimum absolute atomic E-state index is 0.0226. The lowest BCUT2D eigenvalue weighted by Crippen LogP contribution is -2.02. The zero-order valence-corrected chi connectivity index (χ0v) is 14.0. The molecule has 0 spiro atoms. The summed E-state index contributed by atoms with van der Waals surface area (Å²) in [7, 11) is 0. The molecule has 0 unspecified atom stereocenters. The van der Waals surface area contributed by atoms with Crippen LogP contribution in [-0.4, -0.2) is 16.1 Å². The molecule has 25 heavy (non-hydrogen) atoms. The number of aliphatic carboxylic acids is 1. The molecule has 0 saturated heterocycles. The van der Waals surface area contributed by atoms with Crippen LogP contribution < -0.4 is 4.74 Å². The predicted molar refractivity (Wildman–Crippen MR) is 96.5 cm³/mol. The highest BCUT2D eigenvalue weighted by atomic mass is 16.5. The first-order chi connectivity index (χ1) is 12.1. The van der Waals surface area contributed by atoms with E-state index in [4.69, 9.17) is 9.84 Å². The number of hydrogen-bond acceptors (Lipinski definition) is 3. The Balaban J connectivity index is 1.92. The summed E-state index contributed by atoms with van der Waals surface area (Å²) in [4.78, 5) is 15.3. The Bertz CT molecular complexity index is 858. The van der Waals surface area contributed by atoms with Crippen molar-refractivity contribution in [2.24, 2.45) is 0 Å². The summed E-state index contributed by atoms with van der Waals surface area (Å²) in [5.74, 6) is -0.144. The van der Waals surface area contributed by atoms with Gasteiger partial charge in [-0.2, -0.15) is 0 Å². The fourth-order valence-electron chi connectivity index (χ4n) is 2.58. The Hall–Kier alpha value is -3.14. The Morgan fingerprint density at radius 3 is 2.52 bits per heavy atom. The van der Waals surface area contributed by atoms with Crippen LogP contribution in [0.2, 0.25) is 0 Å². The molecule has 3 rings (SSSR count). The number of pyridine rings is 1. The van der Waals surface area contributed by atoms with Crippen molar-refractivity contribution in [3.8, 4) is 16.9 Å². The summed E-state index contributed by atoms with van der Waals surface area (Å²) in [6.07, 6.45) is 1.76. The van der Waals surface area contributed by atoms with E-state index in [1.165, 1.54) is 0 Å². The highest BCUT2D eigenvalue weighted by Crippen LogP contribution is 2.31. The number of carboxylic acids is 1. The van der Waals surface area contributed by atoms with Gasteiger partial charge in [0.1, 0.15) is 12.4 Å². The van der Waals surface area contributed by atoms with Gasteiger partial charge in [0.2, 0.25) is 0 Å². The average molecular weight is 333 g/mol. The quantitative estimate of drug-likeness (QED) is 0.732. The molecular weight excluding hydrogens is 314 g/mol. The zero-order valence-electron chi connectivity index (χ0n) is 14.0. The fraction of sp³-hybridized carbons (Fsp3) is 0.143. The third kappa shape index (κ3) is 4.44. The van der Waals surface area contributed by atoms with Crippen molar-refractivity contribution < 1.29 is 14.6 Å².